The summed E-state index contributed by atoms with van der Waals surface area (Å²) < 4.78 is 0. The molecule has 0 fully saturated rings. The van der Waals surface area contributed by atoms with Gasteiger partial charge in [0.25, 0.3) is 0 Å². The van der Waals surface area contributed by atoms with Crippen LogP contribution in [0.2, 0.25) is 0 Å². The first-order valence-electron chi connectivity index (χ1n) is 9.94. The van der Waals surface area contributed by atoms with Crippen LogP contribution in [-0.2, 0) is 0 Å². The molecule has 0 rings (SSSR count). The second-order valence-electron chi connectivity index (χ2n) is 6.86. The number of unbranched alkanes of at least 4 members (excludes halogenated alkanes) is 4. The van der Waals surface area contributed by atoms with E-state index in [0.29, 0.717) is 0 Å². The predicted octanol–water partition coefficient (Wildman–Crippen LogP) is 7.93. The van der Waals surface area contributed by atoms with E-state index in [1.807, 2.05) is 0 Å². The number of hydrogen-bond donors (Lipinski definition) is 0. The van der Waals surface area contributed by atoms with Crippen molar-refractivity contribution in [1.29, 1.82) is 0 Å². The standard InChI is InChI=1S/C21H42/c1-5-9-14-20(15-10-6-2)18-13-19-21(16-11-7-3)17-12-8-4/h13,18,20-21H,5-12,14-17,19H2,1-4H3. The van der Waals surface area contributed by atoms with Crippen LogP contribution >= 0.6 is 0 Å². The van der Waals surface area contributed by atoms with E-state index in [1.54, 1.807) is 0 Å². The van der Waals surface area contributed by atoms with Crippen molar-refractivity contribution in [2.75, 3.05) is 0 Å². The van der Waals surface area contributed by atoms with Crippen molar-refractivity contribution in [3.8, 4) is 0 Å². The second-order valence-corrected chi connectivity index (χ2v) is 6.86. The molecule has 0 bridgehead atoms. The summed E-state index contributed by atoms with van der Waals surface area (Å²) in [7, 11) is 0. The Kier molecular flexibility index (Phi) is 15.9. The van der Waals surface area contributed by atoms with Crippen LogP contribution < -0.4 is 0 Å². The Morgan fingerprint density at radius 2 is 1.05 bits per heavy atom. The molecule has 0 spiro atoms. The van der Waals surface area contributed by atoms with E-state index in [0.717, 1.165) is 11.8 Å². The molecule has 21 heavy (non-hydrogen) atoms. The summed E-state index contributed by atoms with van der Waals surface area (Å²) in [6, 6.07) is 0. The third kappa shape index (κ3) is 13.1. The van der Waals surface area contributed by atoms with Gasteiger partial charge in [0.1, 0.15) is 0 Å². The van der Waals surface area contributed by atoms with Crippen LogP contribution in [0.4, 0.5) is 0 Å². The molecule has 0 aromatic heterocycles. The Balaban J connectivity index is 4.19. The van der Waals surface area contributed by atoms with Gasteiger partial charge in [-0.05, 0) is 31.1 Å². The van der Waals surface area contributed by atoms with Gasteiger partial charge in [-0.25, -0.2) is 0 Å². The molecule has 0 saturated carbocycles. The van der Waals surface area contributed by atoms with E-state index in [1.165, 1.54) is 83.5 Å². The fourth-order valence-corrected chi connectivity index (χ4v) is 3.10. The van der Waals surface area contributed by atoms with Crippen molar-refractivity contribution in [2.24, 2.45) is 11.8 Å². The highest BCUT2D eigenvalue weighted by Crippen LogP contribution is 2.22. The smallest absolute Gasteiger partial charge is 0.0234 e. The molecular formula is C21H42. The zero-order valence-corrected chi connectivity index (χ0v) is 15.5. The molecule has 0 aromatic rings. The van der Waals surface area contributed by atoms with Gasteiger partial charge in [0, 0.05) is 0 Å². The quantitative estimate of drug-likeness (QED) is 0.269. The Bertz CT molecular complexity index is 200. The van der Waals surface area contributed by atoms with E-state index in [2.05, 4.69) is 39.8 Å². The summed E-state index contributed by atoms with van der Waals surface area (Å²) in [5, 5.41) is 0. The van der Waals surface area contributed by atoms with Gasteiger partial charge in [0.2, 0.25) is 0 Å². The lowest BCUT2D eigenvalue weighted by atomic mass is 9.90. The number of hydrogen-bond acceptors (Lipinski definition) is 0. The van der Waals surface area contributed by atoms with Crippen LogP contribution in [0.25, 0.3) is 0 Å². The third-order valence-corrected chi connectivity index (χ3v) is 4.67. The van der Waals surface area contributed by atoms with Crippen LogP contribution in [0, 0.1) is 11.8 Å². The second kappa shape index (κ2) is 16.1. The van der Waals surface area contributed by atoms with Crippen LogP contribution in [0.3, 0.4) is 0 Å². The molecule has 0 heteroatoms. The third-order valence-electron chi connectivity index (χ3n) is 4.67. The SMILES string of the molecule is CCCCC(C=CCC(CCCC)CCCC)CCCC. The van der Waals surface area contributed by atoms with Crippen LogP contribution in [-0.4, -0.2) is 0 Å². The minimum Gasteiger partial charge on any atom is -0.0880 e. The Labute approximate surface area is 135 Å². The van der Waals surface area contributed by atoms with Crippen molar-refractivity contribution in [3.63, 3.8) is 0 Å². The van der Waals surface area contributed by atoms with E-state index in [4.69, 9.17) is 0 Å². The summed E-state index contributed by atoms with van der Waals surface area (Å²) in [6.07, 6.45) is 23.1. The molecule has 0 atom stereocenters. The molecule has 0 unspecified atom stereocenters. The molecule has 0 radical (unpaired) electrons. The first-order valence-corrected chi connectivity index (χ1v) is 9.94. The highest BCUT2D eigenvalue weighted by Gasteiger charge is 2.07. The van der Waals surface area contributed by atoms with Gasteiger partial charge < -0.3 is 0 Å². The summed E-state index contributed by atoms with van der Waals surface area (Å²) in [5.74, 6) is 1.79. The van der Waals surface area contributed by atoms with Gasteiger partial charge in [0.15, 0.2) is 0 Å². The van der Waals surface area contributed by atoms with Crippen molar-refractivity contribution in [1.82, 2.24) is 0 Å². The fourth-order valence-electron chi connectivity index (χ4n) is 3.10. The summed E-state index contributed by atoms with van der Waals surface area (Å²) in [5.41, 5.74) is 0. The first kappa shape index (κ1) is 20.7. The van der Waals surface area contributed by atoms with Crippen molar-refractivity contribution in [2.45, 2.75) is 111 Å². The topological polar surface area (TPSA) is 0 Å². The lowest BCUT2D eigenvalue weighted by Gasteiger charge is -2.15. The molecule has 0 aliphatic heterocycles. The van der Waals surface area contributed by atoms with Gasteiger partial charge in [-0.2, -0.15) is 0 Å². The van der Waals surface area contributed by atoms with Crippen molar-refractivity contribution >= 4 is 0 Å². The van der Waals surface area contributed by atoms with Crippen LogP contribution in [0.15, 0.2) is 12.2 Å². The van der Waals surface area contributed by atoms with Crippen LogP contribution in [0.1, 0.15) is 111 Å². The van der Waals surface area contributed by atoms with Gasteiger partial charge in [-0.1, -0.05) is 104 Å². The summed E-state index contributed by atoms with van der Waals surface area (Å²) in [4.78, 5) is 0. The molecule has 0 aromatic carbocycles. The van der Waals surface area contributed by atoms with E-state index in [-0.39, 0.29) is 0 Å². The van der Waals surface area contributed by atoms with Gasteiger partial charge in [-0.3, -0.25) is 0 Å². The van der Waals surface area contributed by atoms with Gasteiger partial charge in [-0.15, -0.1) is 0 Å². The average molecular weight is 295 g/mol. The minimum atomic E-state index is 0.850. The van der Waals surface area contributed by atoms with E-state index in [9.17, 15) is 0 Å². The number of allylic oxidation sites excluding steroid dienone is 2. The zero-order chi connectivity index (χ0) is 15.8. The maximum atomic E-state index is 2.57. The number of rotatable bonds is 15. The molecule has 0 amide bonds. The fraction of sp³-hybridized carbons (Fsp3) is 0.905. The molecule has 0 heterocycles. The molecular weight excluding hydrogens is 252 g/mol. The largest absolute Gasteiger partial charge is 0.0880 e. The van der Waals surface area contributed by atoms with E-state index >= 15 is 0 Å². The zero-order valence-electron chi connectivity index (χ0n) is 15.5. The maximum Gasteiger partial charge on any atom is -0.0234 e. The Hall–Kier alpha value is -0.260. The minimum absolute atomic E-state index is 0.850. The Morgan fingerprint density at radius 3 is 1.48 bits per heavy atom. The predicted molar refractivity (Wildman–Crippen MR) is 98.8 cm³/mol. The normalized spacial score (nSPS) is 12.1. The molecule has 0 aliphatic carbocycles. The summed E-state index contributed by atoms with van der Waals surface area (Å²) >= 11 is 0. The van der Waals surface area contributed by atoms with Crippen molar-refractivity contribution < 1.29 is 0 Å². The molecule has 0 saturated heterocycles. The molecule has 0 nitrogen and oxygen atoms in total. The molecule has 0 aliphatic rings. The Morgan fingerprint density at radius 1 is 0.619 bits per heavy atom. The van der Waals surface area contributed by atoms with Gasteiger partial charge in [0.05, 0.1) is 0 Å². The lowest BCUT2D eigenvalue weighted by molar-refractivity contribution is 0.421. The lowest BCUT2D eigenvalue weighted by Crippen LogP contribution is -2.01. The highest BCUT2D eigenvalue weighted by atomic mass is 14.1. The average Bonchev–Trinajstić information content (AvgIpc) is 2.51. The van der Waals surface area contributed by atoms with Gasteiger partial charge >= 0.3 is 0 Å². The van der Waals surface area contributed by atoms with Crippen molar-refractivity contribution in [3.05, 3.63) is 12.2 Å². The molecule has 0 N–H and O–H groups in total. The summed E-state index contributed by atoms with van der Waals surface area (Å²) in [6.45, 7) is 9.26. The maximum absolute atomic E-state index is 2.57. The monoisotopic (exact) mass is 294 g/mol. The van der Waals surface area contributed by atoms with Crippen LogP contribution in [0.5, 0.6) is 0 Å². The van der Waals surface area contributed by atoms with E-state index < -0.39 is 0 Å². The molecule has 126 valence electrons. The first-order chi connectivity index (χ1) is 10.3. The highest BCUT2D eigenvalue weighted by molar-refractivity contribution is 4.90.